The third kappa shape index (κ3) is 4.71. The summed E-state index contributed by atoms with van der Waals surface area (Å²) in [6.07, 6.45) is 0.0697. The topological polar surface area (TPSA) is 102 Å². The highest BCUT2D eigenvalue weighted by atomic mass is 16.6. The number of amides is 3. The second kappa shape index (κ2) is 7.13. The van der Waals surface area contributed by atoms with Gasteiger partial charge in [-0.2, -0.15) is 0 Å². The zero-order valence-corrected chi connectivity index (χ0v) is 14.9. The van der Waals surface area contributed by atoms with Gasteiger partial charge in [-0.25, -0.2) is 4.79 Å². The molecule has 25 heavy (non-hydrogen) atoms. The normalized spacial score (nSPS) is 16.8. The van der Waals surface area contributed by atoms with E-state index in [1.54, 1.807) is 51.1 Å². The van der Waals surface area contributed by atoms with Crippen LogP contribution in [0.4, 0.5) is 4.79 Å². The molecule has 0 radical (unpaired) electrons. The number of nitrogens with zero attached hydrogens (tertiary/aromatic N) is 1. The molecule has 0 aliphatic carbocycles. The predicted molar refractivity (Wildman–Crippen MR) is 92.9 cm³/mol. The molecule has 7 heteroatoms. The Morgan fingerprint density at radius 3 is 2.16 bits per heavy atom. The average Bonchev–Trinajstić information content (AvgIpc) is 2.54. The molecule has 1 aromatic rings. The van der Waals surface area contributed by atoms with E-state index in [9.17, 15) is 14.4 Å². The number of ether oxygens (including phenoxy) is 1. The van der Waals surface area contributed by atoms with Crippen LogP contribution in [0.1, 0.15) is 44.0 Å². The van der Waals surface area contributed by atoms with Crippen LogP contribution >= 0.6 is 0 Å². The van der Waals surface area contributed by atoms with Crippen LogP contribution in [0, 0.1) is 0 Å². The molecular weight excluding hydrogens is 322 g/mol. The second-order valence-electron chi connectivity index (χ2n) is 7.23. The monoisotopic (exact) mass is 347 g/mol. The van der Waals surface area contributed by atoms with Gasteiger partial charge in [0, 0.05) is 18.7 Å². The van der Waals surface area contributed by atoms with Gasteiger partial charge in [-0.3, -0.25) is 9.59 Å². The van der Waals surface area contributed by atoms with Crippen LogP contribution in [0.2, 0.25) is 0 Å². The maximum Gasteiger partial charge on any atom is 0.410 e. The van der Waals surface area contributed by atoms with E-state index in [2.05, 4.69) is 5.32 Å². The Bertz CT molecular complexity index is 644. The van der Waals surface area contributed by atoms with Gasteiger partial charge in [0.05, 0.1) is 0 Å². The van der Waals surface area contributed by atoms with Gasteiger partial charge in [-0.1, -0.05) is 18.2 Å². The van der Waals surface area contributed by atoms with E-state index in [0.29, 0.717) is 5.56 Å². The number of benzene rings is 1. The van der Waals surface area contributed by atoms with E-state index in [0.717, 1.165) is 0 Å². The summed E-state index contributed by atoms with van der Waals surface area (Å²) < 4.78 is 5.34. The van der Waals surface area contributed by atoms with Gasteiger partial charge in [0.25, 0.3) is 5.91 Å². The first-order valence-electron chi connectivity index (χ1n) is 8.28. The molecule has 0 bridgehead atoms. The van der Waals surface area contributed by atoms with Gasteiger partial charge >= 0.3 is 6.09 Å². The maximum absolute atomic E-state index is 12.4. The molecule has 0 atom stereocenters. The number of nitrogens with two attached hydrogens (primary N) is 1. The van der Waals surface area contributed by atoms with Crippen molar-refractivity contribution in [3.63, 3.8) is 0 Å². The number of hydrogen-bond acceptors (Lipinski definition) is 4. The Balaban J connectivity index is 2.05. The van der Waals surface area contributed by atoms with Crippen molar-refractivity contribution in [1.82, 2.24) is 10.2 Å². The molecule has 1 fully saturated rings. The van der Waals surface area contributed by atoms with Crippen molar-refractivity contribution in [2.24, 2.45) is 5.73 Å². The number of primary amides is 1. The number of piperidine rings is 1. The van der Waals surface area contributed by atoms with Crippen molar-refractivity contribution < 1.29 is 19.1 Å². The van der Waals surface area contributed by atoms with E-state index < -0.39 is 23.1 Å². The summed E-state index contributed by atoms with van der Waals surface area (Å²) in [5, 5.41) is 2.76. The first-order valence-corrected chi connectivity index (χ1v) is 8.28. The molecule has 136 valence electrons. The van der Waals surface area contributed by atoms with Crippen LogP contribution in [-0.4, -0.2) is 47.0 Å². The van der Waals surface area contributed by atoms with Crippen molar-refractivity contribution in [3.8, 4) is 0 Å². The number of rotatable bonds is 3. The summed E-state index contributed by atoms with van der Waals surface area (Å²) in [6, 6.07) is 8.63. The van der Waals surface area contributed by atoms with Gasteiger partial charge in [0.15, 0.2) is 0 Å². The number of carbonyl (C=O) groups excluding carboxylic acids is 3. The zero-order valence-electron chi connectivity index (χ0n) is 14.9. The second-order valence-corrected chi connectivity index (χ2v) is 7.23. The fourth-order valence-corrected chi connectivity index (χ4v) is 2.71. The minimum absolute atomic E-state index is 0.250. The first-order chi connectivity index (χ1) is 11.6. The van der Waals surface area contributed by atoms with Crippen LogP contribution in [0.5, 0.6) is 0 Å². The lowest BCUT2D eigenvalue weighted by molar-refractivity contribution is -0.126. The van der Waals surface area contributed by atoms with Crippen molar-refractivity contribution in [2.45, 2.75) is 44.8 Å². The smallest absolute Gasteiger partial charge is 0.410 e. The van der Waals surface area contributed by atoms with Crippen LogP contribution in [0.3, 0.4) is 0 Å². The maximum atomic E-state index is 12.4. The first kappa shape index (κ1) is 18.8. The molecule has 0 saturated carbocycles. The van der Waals surface area contributed by atoms with Gasteiger partial charge in [-0.15, -0.1) is 0 Å². The fraction of sp³-hybridized carbons (Fsp3) is 0.500. The number of likely N-dealkylation sites (tertiary alicyclic amines) is 1. The van der Waals surface area contributed by atoms with E-state index in [1.165, 1.54) is 4.90 Å². The van der Waals surface area contributed by atoms with Crippen LogP contribution in [0.25, 0.3) is 0 Å². The quantitative estimate of drug-likeness (QED) is 0.868. The minimum Gasteiger partial charge on any atom is -0.444 e. The van der Waals surface area contributed by atoms with Crippen LogP contribution in [-0.2, 0) is 9.53 Å². The Hall–Kier alpha value is -2.57. The summed E-state index contributed by atoms with van der Waals surface area (Å²) >= 11 is 0. The zero-order chi connectivity index (χ0) is 18.7. The molecule has 1 aromatic carbocycles. The van der Waals surface area contributed by atoms with Gasteiger partial charge < -0.3 is 20.7 Å². The lowest BCUT2D eigenvalue weighted by Gasteiger charge is -2.40. The number of nitrogens with one attached hydrogen (secondary N) is 1. The van der Waals surface area contributed by atoms with Gasteiger partial charge in [-0.05, 0) is 45.7 Å². The van der Waals surface area contributed by atoms with E-state index >= 15 is 0 Å². The molecule has 0 spiro atoms. The summed E-state index contributed by atoms with van der Waals surface area (Å²) in [6.45, 7) is 5.95. The molecule has 3 N–H and O–H groups in total. The highest BCUT2D eigenvalue weighted by Gasteiger charge is 2.43. The Morgan fingerprint density at radius 1 is 1.12 bits per heavy atom. The highest BCUT2D eigenvalue weighted by Crippen LogP contribution is 2.24. The van der Waals surface area contributed by atoms with Crippen molar-refractivity contribution in [3.05, 3.63) is 35.9 Å². The minimum atomic E-state index is -1.16. The third-order valence-corrected chi connectivity index (χ3v) is 4.13. The molecule has 1 aliphatic rings. The SMILES string of the molecule is CC(C)(C)OC(=O)N1CCC(NC(=O)c2ccccc2)(C(N)=O)CC1. The average molecular weight is 347 g/mol. The Labute approximate surface area is 147 Å². The van der Waals surface area contributed by atoms with Crippen LogP contribution in [0.15, 0.2) is 30.3 Å². The van der Waals surface area contributed by atoms with Crippen molar-refractivity contribution in [1.29, 1.82) is 0 Å². The molecule has 7 nitrogen and oxygen atoms in total. The fourth-order valence-electron chi connectivity index (χ4n) is 2.71. The highest BCUT2D eigenvalue weighted by molar-refractivity contribution is 5.99. The summed E-state index contributed by atoms with van der Waals surface area (Å²) in [5.74, 6) is -0.953. The van der Waals surface area contributed by atoms with Crippen LogP contribution < -0.4 is 11.1 Å². The molecule has 1 heterocycles. The Morgan fingerprint density at radius 2 is 1.68 bits per heavy atom. The summed E-state index contributed by atoms with van der Waals surface area (Å²) in [4.78, 5) is 38.1. The molecule has 1 aliphatic heterocycles. The molecule has 0 aromatic heterocycles. The summed E-state index contributed by atoms with van der Waals surface area (Å²) in [7, 11) is 0. The molecule has 1 saturated heterocycles. The molecule has 0 unspecified atom stereocenters. The van der Waals surface area contributed by atoms with Gasteiger partial charge in [0.2, 0.25) is 5.91 Å². The lowest BCUT2D eigenvalue weighted by Crippen LogP contribution is -2.63. The molecule has 2 rings (SSSR count). The lowest BCUT2D eigenvalue weighted by atomic mass is 9.86. The molecular formula is C18H25N3O4. The van der Waals surface area contributed by atoms with E-state index in [4.69, 9.17) is 10.5 Å². The number of carbonyl (C=O) groups is 3. The van der Waals surface area contributed by atoms with E-state index in [-0.39, 0.29) is 31.8 Å². The number of hydrogen-bond donors (Lipinski definition) is 2. The predicted octanol–water partition coefficient (Wildman–Crippen LogP) is 1.67. The largest absolute Gasteiger partial charge is 0.444 e. The van der Waals surface area contributed by atoms with Crippen molar-refractivity contribution >= 4 is 17.9 Å². The van der Waals surface area contributed by atoms with E-state index in [1.807, 2.05) is 0 Å². The van der Waals surface area contributed by atoms with Crippen molar-refractivity contribution in [2.75, 3.05) is 13.1 Å². The Kier molecular flexibility index (Phi) is 5.35. The standard InChI is InChI=1S/C18H25N3O4/c1-17(2,3)25-16(24)21-11-9-18(10-12-21,15(19)23)20-14(22)13-7-5-4-6-8-13/h4-8H,9-12H2,1-3H3,(H2,19,23)(H,20,22). The summed E-state index contributed by atoms with van der Waals surface area (Å²) in [5.41, 5.74) is 4.27. The van der Waals surface area contributed by atoms with Gasteiger partial charge in [0.1, 0.15) is 11.1 Å². The third-order valence-electron chi connectivity index (χ3n) is 4.13. The molecule has 3 amide bonds.